The van der Waals surface area contributed by atoms with Gasteiger partial charge in [0.25, 0.3) is 0 Å². The number of hydrogen-bond donors (Lipinski definition) is 2. The number of nitrogens with one attached hydrogen (secondary N) is 1. The first-order valence-electron chi connectivity index (χ1n) is 7.35. The Balaban J connectivity index is 1.90. The highest BCUT2D eigenvalue weighted by molar-refractivity contribution is 5.81. The molecule has 1 atom stereocenters. The Labute approximate surface area is 131 Å². The largest absolute Gasteiger partial charge is 0.344 e. The summed E-state index contributed by atoms with van der Waals surface area (Å²) in [5.41, 5.74) is 4.68. The van der Waals surface area contributed by atoms with Gasteiger partial charge in [0.1, 0.15) is 6.04 Å². The predicted octanol–water partition coefficient (Wildman–Crippen LogP) is 1.16. The van der Waals surface area contributed by atoms with Crippen LogP contribution in [0.25, 0.3) is 0 Å². The van der Waals surface area contributed by atoms with Crippen LogP contribution in [0, 0.1) is 0 Å². The summed E-state index contributed by atoms with van der Waals surface area (Å²) in [4.78, 5) is 18.4. The van der Waals surface area contributed by atoms with E-state index in [0.717, 1.165) is 17.7 Å². The van der Waals surface area contributed by atoms with Crippen LogP contribution < -0.4 is 11.3 Å². The van der Waals surface area contributed by atoms with Crippen LogP contribution in [0.2, 0.25) is 0 Å². The Hall–Kier alpha value is -2.24. The van der Waals surface area contributed by atoms with Gasteiger partial charge in [0.05, 0.1) is 0 Å². The van der Waals surface area contributed by atoms with Gasteiger partial charge in [-0.05, 0) is 24.1 Å². The lowest BCUT2D eigenvalue weighted by Crippen LogP contribution is -2.49. The number of pyridine rings is 1. The van der Waals surface area contributed by atoms with Crippen molar-refractivity contribution in [2.75, 3.05) is 13.6 Å². The van der Waals surface area contributed by atoms with Crippen LogP contribution in [0.4, 0.5) is 0 Å². The molecule has 116 valence electrons. The molecule has 0 aliphatic heterocycles. The average Bonchev–Trinajstić information content (AvgIpc) is 2.58. The lowest BCUT2D eigenvalue weighted by atomic mass is 10.1. The molecule has 0 saturated heterocycles. The third-order valence-electron chi connectivity index (χ3n) is 3.59. The van der Waals surface area contributed by atoms with Crippen molar-refractivity contribution in [3.8, 4) is 0 Å². The Bertz CT molecular complexity index is 574. The third-order valence-corrected chi connectivity index (χ3v) is 3.59. The zero-order valence-corrected chi connectivity index (χ0v) is 12.8. The highest BCUT2D eigenvalue weighted by atomic mass is 16.2. The highest BCUT2D eigenvalue weighted by Crippen LogP contribution is 2.05. The quantitative estimate of drug-likeness (QED) is 0.594. The molecule has 5 heteroatoms. The molecular weight excluding hydrogens is 276 g/mol. The molecule has 0 radical (unpaired) electrons. The van der Waals surface area contributed by atoms with Gasteiger partial charge < -0.3 is 4.90 Å². The summed E-state index contributed by atoms with van der Waals surface area (Å²) < 4.78 is 0. The summed E-state index contributed by atoms with van der Waals surface area (Å²) in [6.45, 7) is 0.614. The maximum atomic E-state index is 12.5. The van der Waals surface area contributed by atoms with E-state index in [1.807, 2.05) is 48.5 Å². The number of rotatable bonds is 7. The summed E-state index contributed by atoms with van der Waals surface area (Å²) >= 11 is 0. The molecule has 1 heterocycles. The fraction of sp³-hybridized carbons (Fsp3) is 0.294. The van der Waals surface area contributed by atoms with Gasteiger partial charge in [-0.25, -0.2) is 5.43 Å². The number of hydrogen-bond acceptors (Lipinski definition) is 4. The van der Waals surface area contributed by atoms with Gasteiger partial charge in [-0.15, -0.1) is 0 Å². The Morgan fingerprint density at radius 3 is 2.59 bits per heavy atom. The minimum absolute atomic E-state index is 0.0118. The van der Waals surface area contributed by atoms with E-state index in [-0.39, 0.29) is 5.91 Å². The molecular formula is C17H22N4O. The first kappa shape index (κ1) is 16.1. The summed E-state index contributed by atoms with van der Waals surface area (Å²) in [7, 11) is 1.79. The van der Waals surface area contributed by atoms with E-state index in [4.69, 9.17) is 5.84 Å². The van der Waals surface area contributed by atoms with Crippen molar-refractivity contribution < 1.29 is 4.79 Å². The van der Waals surface area contributed by atoms with Crippen molar-refractivity contribution in [3.63, 3.8) is 0 Å². The first-order chi connectivity index (χ1) is 10.7. The number of nitrogens with zero attached hydrogens (tertiary/aromatic N) is 2. The monoisotopic (exact) mass is 298 g/mol. The van der Waals surface area contributed by atoms with Crippen LogP contribution in [-0.2, 0) is 17.6 Å². The van der Waals surface area contributed by atoms with Gasteiger partial charge in [-0.1, -0.05) is 36.4 Å². The van der Waals surface area contributed by atoms with Crippen molar-refractivity contribution >= 4 is 5.91 Å². The number of carbonyl (C=O) groups is 1. The summed E-state index contributed by atoms with van der Waals surface area (Å²) in [6, 6.07) is 15.2. The lowest BCUT2D eigenvalue weighted by molar-refractivity contribution is -0.132. The fourth-order valence-electron chi connectivity index (χ4n) is 2.27. The van der Waals surface area contributed by atoms with Crippen LogP contribution >= 0.6 is 0 Å². The molecule has 1 unspecified atom stereocenters. The Kier molecular flexibility index (Phi) is 6.06. The normalized spacial score (nSPS) is 11.9. The summed E-state index contributed by atoms with van der Waals surface area (Å²) in [5, 5.41) is 0. The summed E-state index contributed by atoms with van der Waals surface area (Å²) in [5.74, 6) is 5.54. The maximum absolute atomic E-state index is 12.5. The standard InChI is InChI=1S/C17H22N4O/c1-21(12-10-15-9-5-6-11-19-15)17(22)16(20-18)13-14-7-3-2-4-8-14/h2-9,11,16,20H,10,12-13,18H2,1H3. The van der Waals surface area contributed by atoms with Crippen molar-refractivity contribution in [1.29, 1.82) is 0 Å². The van der Waals surface area contributed by atoms with Crippen LogP contribution in [0.3, 0.4) is 0 Å². The number of aromatic nitrogens is 1. The molecule has 5 nitrogen and oxygen atoms in total. The summed E-state index contributed by atoms with van der Waals surface area (Å²) in [6.07, 6.45) is 3.06. The molecule has 1 aromatic heterocycles. The zero-order chi connectivity index (χ0) is 15.8. The second kappa shape index (κ2) is 8.26. The molecule has 2 rings (SSSR count). The number of benzene rings is 1. The first-order valence-corrected chi connectivity index (χ1v) is 7.35. The van der Waals surface area contributed by atoms with Crippen molar-refractivity contribution in [2.24, 2.45) is 5.84 Å². The SMILES string of the molecule is CN(CCc1ccccn1)C(=O)C(Cc1ccccc1)NN. The molecule has 0 bridgehead atoms. The average molecular weight is 298 g/mol. The predicted molar refractivity (Wildman–Crippen MR) is 86.8 cm³/mol. The number of hydrazine groups is 1. The number of likely N-dealkylation sites (N-methyl/N-ethyl adjacent to an activating group) is 1. The maximum Gasteiger partial charge on any atom is 0.241 e. The zero-order valence-electron chi connectivity index (χ0n) is 12.8. The molecule has 1 amide bonds. The van der Waals surface area contributed by atoms with Crippen molar-refractivity contribution in [3.05, 3.63) is 66.0 Å². The smallest absolute Gasteiger partial charge is 0.241 e. The number of carbonyl (C=O) groups excluding carboxylic acids is 1. The highest BCUT2D eigenvalue weighted by Gasteiger charge is 2.21. The molecule has 0 aliphatic carbocycles. The number of nitrogens with two attached hydrogens (primary N) is 1. The van der Waals surface area contributed by atoms with E-state index < -0.39 is 6.04 Å². The van der Waals surface area contributed by atoms with E-state index in [9.17, 15) is 4.79 Å². The molecule has 22 heavy (non-hydrogen) atoms. The number of amides is 1. The second-order valence-electron chi connectivity index (χ2n) is 5.24. The van der Waals surface area contributed by atoms with Gasteiger partial charge in [0, 0.05) is 31.9 Å². The van der Waals surface area contributed by atoms with Crippen LogP contribution in [0.15, 0.2) is 54.7 Å². The van der Waals surface area contributed by atoms with E-state index in [1.54, 1.807) is 18.1 Å². The van der Waals surface area contributed by atoms with E-state index in [2.05, 4.69) is 10.4 Å². The Morgan fingerprint density at radius 1 is 1.23 bits per heavy atom. The van der Waals surface area contributed by atoms with E-state index in [1.165, 1.54) is 0 Å². The fourth-order valence-corrected chi connectivity index (χ4v) is 2.27. The van der Waals surface area contributed by atoms with Gasteiger partial charge in [0.15, 0.2) is 0 Å². The molecule has 2 aromatic rings. The molecule has 0 aliphatic rings. The van der Waals surface area contributed by atoms with Crippen LogP contribution in [0.1, 0.15) is 11.3 Å². The third kappa shape index (κ3) is 4.65. The van der Waals surface area contributed by atoms with Gasteiger partial charge >= 0.3 is 0 Å². The van der Waals surface area contributed by atoms with E-state index >= 15 is 0 Å². The minimum atomic E-state index is -0.420. The van der Waals surface area contributed by atoms with Crippen molar-refractivity contribution in [1.82, 2.24) is 15.3 Å². The topological polar surface area (TPSA) is 71.2 Å². The molecule has 0 spiro atoms. The Morgan fingerprint density at radius 2 is 1.95 bits per heavy atom. The lowest BCUT2D eigenvalue weighted by Gasteiger charge is -2.23. The minimum Gasteiger partial charge on any atom is -0.344 e. The second-order valence-corrected chi connectivity index (χ2v) is 5.24. The van der Waals surface area contributed by atoms with Gasteiger partial charge in [0.2, 0.25) is 5.91 Å². The van der Waals surface area contributed by atoms with Crippen LogP contribution in [0.5, 0.6) is 0 Å². The van der Waals surface area contributed by atoms with E-state index in [0.29, 0.717) is 13.0 Å². The van der Waals surface area contributed by atoms with Crippen molar-refractivity contribution in [2.45, 2.75) is 18.9 Å². The molecule has 0 saturated carbocycles. The van der Waals surface area contributed by atoms with Crippen LogP contribution in [-0.4, -0.2) is 35.4 Å². The molecule has 0 fully saturated rings. The van der Waals surface area contributed by atoms with Gasteiger partial charge in [-0.3, -0.25) is 15.6 Å². The molecule has 1 aromatic carbocycles. The van der Waals surface area contributed by atoms with Gasteiger partial charge in [-0.2, -0.15) is 0 Å². The molecule has 3 N–H and O–H groups in total.